The smallest absolute Gasteiger partial charge is 0.250 e. The van der Waals surface area contributed by atoms with E-state index in [2.05, 4.69) is 20.3 Å². The van der Waals surface area contributed by atoms with E-state index in [0.29, 0.717) is 41.2 Å². The SMILES string of the molecule is COc1ncc(-c2cc(OCCCCCCCC(=O)Nc3ccccc3N)c3ncnc(C)c3c2)cc1F. The number of aromatic nitrogens is 3. The number of pyridine rings is 1. The first kappa shape index (κ1) is 26.8. The molecule has 0 bridgehead atoms. The summed E-state index contributed by atoms with van der Waals surface area (Å²) in [6, 6.07) is 12.4. The first-order valence-corrected chi connectivity index (χ1v) is 12.7. The topological polar surface area (TPSA) is 112 Å². The number of benzene rings is 2. The molecule has 0 aliphatic heterocycles. The van der Waals surface area contributed by atoms with Crippen LogP contribution in [0.4, 0.5) is 15.8 Å². The number of amides is 1. The summed E-state index contributed by atoms with van der Waals surface area (Å²) in [5.74, 6) is 0.0145. The second kappa shape index (κ2) is 12.8. The molecule has 38 heavy (non-hydrogen) atoms. The highest BCUT2D eigenvalue weighted by Crippen LogP contribution is 2.33. The average molecular weight is 518 g/mol. The Morgan fingerprint density at radius 3 is 2.58 bits per heavy atom. The molecule has 0 fully saturated rings. The van der Waals surface area contributed by atoms with E-state index >= 15 is 0 Å². The van der Waals surface area contributed by atoms with E-state index in [4.69, 9.17) is 15.2 Å². The van der Waals surface area contributed by atoms with Crippen molar-refractivity contribution in [3.05, 3.63) is 66.5 Å². The fourth-order valence-corrected chi connectivity index (χ4v) is 4.19. The van der Waals surface area contributed by atoms with E-state index in [1.807, 2.05) is 31.2 Å². The van der Waals surface area contributed by atoms with Gasteiger partial charge in [0.2, 0.25) is 11.8 Å². The number of rotatable bonds is 12. The predicted octanol–water partition coefficient (Wildman–Crippen LogP) is 6.09. The maximum atomic E-state index is 14.3. The van der Waals surface area contributed by atoms with Crippen LogP contribution in [0, 0.1) is 12.7 Å². The molecule has 2 aromatic heterocycles. The number of halogens is 1. The Morgan fingerprint density at radius 2 is 1.79 bits per heavy atom. The van der Waals surface area contributed by atoms with Crippen molar-refractivity contribution in [2.45, 2.75) is 45.4 Å². The van der Waals surface area contributed by atoms with E-state index in [1.54, 1.807) is 18.3 Å². The molecule has 0 saturated carbocycles. The monoisotopic (exact) mass is 517 g/mol. The number of carbonyl (C=O) groups is 1. The predicted molar refractivity (Wildman–Crippen MR) is 147 cm³/mol. The Morgan fingerprint density at radius 1 is 1.00 bits per heavy atom. The largest absolute Gasteiger partial charge is 0.491 e. The number of hydrogen-bond donors (Lipinski definition) is 2. The summed E-state index contributed by atoms with van der Waals surface area (Å²) in [6.07, 6.45) is 8.16. The number of hydrogen-bond acceptors (Lipinski definition) is 7. The third-order valence-electron chi connectivity index (χ3n) is 6.28. The maximum absolute atomic E-state index is 14.3. The van der Waals surface area contributed by atoms with Gasteiger partial charge in [0, 0.05) is 29.3 Å². The lowest BCUT2D eigenvalue weighted by Crippen LogP contribution is -2.12. The molecule has 0 aliphatic carbocycles. The van der Waals surface area contributed by atoms with Gasteiger partial charge in [0.25, 0.3) is 0 Å². The number of nitrogens with one attached hydrogen (secondary N) is 1. The van der Waals surface area contributed by atoms with Crippen molar-refractivity contribution in [2.75, 3.05) is 24.8 Å². The zero-order valence-corrected chi connectivity index (χ0v) is 21.7. The number of nitrogen functional groups attached to an aromatic ring is 1. The van der Waals surface area contributed by atoms with Crippen LogP contribution in [-0.2, 0) is 4.79 Å². The van der Waals surface area contributed by atoms with Crippen molar-refractivity contribution in [1.82, 2.24) is 15.0 Å². The van der Waals surface area contributed by atoms with Crippen LogP contribution in [0.15, 0.2) is 55.0 Å². The second-order valence-electron chi connectivity index (χ2n) is 9.05. The van der Waals surface area contributed by atoms with Gasteiger partial charge in [0.05, 0.1) is 25.1 Å². The number of methoxy groups -OCH3 is 1. The highest BCUT2D eigenvalue weighted by Gasteiger charge is 2.13. The van der Waals surface area contributed by atoms with Gasteiger partial charge in [-0.2, -0.15) is 0 Å². The van der Waals surface area contributed by atoms with E-state index in [-0.39, 0.29) is 11.8 Å². The minimum atomic E-state index is -0.532. The molecular weight excluding hydrogens is 485 g/mol. The summed E-state index contributed by atoms with van der Waals surface area (Å²) in [6.45, 7) is 2.42. The van der Waals surface area contributed by atoms with Gasteiger partial charge in [-0.3, -0.25) is 4.79 Å². The van der Waals surface area contributed by atoms with Gasteiger partial charge in [-0.25, -0.2) is 19.3 Å². The highest BCUT2D eigenvalue weighted by atomic mass is 19.1. The molecule has 3 N–H and O–H groups in total. The lowest BCUT2D eigenvalue weighted by Gasteiger charge is -2.13. The minimum absolute atomic E-state index is 0.0257. The second-order valence-corrected chi connectivity index (χ2v) is 9.05. The molecule has 0 unspecified atom stereocenters. The number of ether oxygens (including phenoxy) is 2. The summed E-state index contributed by atoms with van der Waals surface area (Å²) in [7, 11) is 1.38. The van der Waals surface area contributed by atoms with Gasteiger partial charge in [0.1, 0.15) is 17.6 Å². The molecule has 0 aliphatic rings. The summed E-state index contributed by atoms with van der Waals surface area (Å²) in [5.41, 5.74) is 9.98. The van der Waals surface area contributed by atoms with E-state index in [9.17, 15) is 9.18 Å². The summed E-state index contributed by atoms with van der Waals surface area (Å²) in [5, 5.41) is 3.70. The van der Waals surface area contributed by atoms with Gasteiger partial charge < -0.3 is 20.5 Å². The lowest BCUT2D eigenvalue weighted by molar-refractivity contribution is -0.116. The van der Waals surface area contributed by atoms with Crippen molar-refractivity contribution in [2.24, 2.45) is 0 Å². The van der Waals surface area contributed by atoms with Gasteiger partial charge in [-0.05, 0) is 55.7 Å². The molecule has 198 valence electrons. The molecule has 1 amide bonds. The minimum Gasteiger partial charge on any atom is -0.491 e. The van der Waals surface area contributed by atoms with Crippen LogP contribution in [0.25, 0.3) is 22.0 Å². The number of carbonyl (C=O) groups excluding carboxylic acids is 1. The number of unbranched alkanes of at least 4 members (excludes halogenated alkanes) is 4. The van der Waals surface area contributed by atoms with Crippen LogP contribution in [0.1, 0.15) is 44.2 Å². The van der Waals surface area contributed by atoms with E-state index in [1.165, 1.54) is 19.5 Å². The molecule has 4 aromatic rings. The summed E-state index contributed by atoms with van der Waals surface area (Å²) >= 11 is 0. The summed E-state index contributed by atoms with van der Waals surface area (Å²) in [4.78, 5) is 24.9. The highest BCUT2D eigenvalue weighted by molar-refractivity contribution is 5.93. The fourth-order valence-electron chi connectivity index (χ4n) is 4.19. The molecule has 9 heteroatoms. The van der Waals surface area contributed by atoms with Crippen molar-refractivity contribution >= 4 is 28.2 Å². The van der Waals surface area contributed by atoms with Crippen LogP contribution in [-0.4, -0.2) is 34.6 Å². The number of fused-ring (bicyclic) bond motifs is 1. The van der Waals surface area contributed by atoms with Gasteiger partial charge in [-0.1, -0.05) is 31.4 Å². The molecule has 2 aromatic carbocycles. The first-order chi connectivity index (χ1) is 18.5. The van der Waals surface area contributed by atoms with Gasteiger partial charge in [-0.15, -0.1) is 0 Å². The molecule has 0 radical (unpaired) electrons. The zero-order chi connectivity index (χ0) is 26.9. The van der Waals surface area contributed by atoms with Crippen molar-refractivity contribution in [3.8, 4) is 22.8 Å². The number of anilines is 2. The average Bonchev–Trinajstić information content (AvgIpc) is 2.91. The van der Waals surface area contributed by atoms with E-state index < -0.39 is 5.82 Å². The normalized spacial score (nSPS) is 10.9. The molecule has 8 nitrogen and oxygen atoms in total. The van der Waals surface area contributed by atoms with Gasteiger partial charge in [0.15, 0.2) is 5.82 Å². The number of nitrogens with two attached hydrogens (primary N) is 1. The van der Waals surface area contributed by atoms with Crippen molar-refractivity contribution in [3.63, 3.8) is 0 Å². The third-order valence-corrected chi connectivity index (χ3v) is 6.28. The number of nitrogens with zero attached hydrogens (tertiary/aromatic N) is 3. The first-order valence-electron chi connectivity index (χ1n) is 12.7. The summed E-state index contributed by atoms with van der Waals surface area (Å²) < 4.78 is 25.4. The standard InChI is InChI=1S/C29H32FN5O3/c1-19-22-14-20(21-15-23(30)29(37-2)32-17-21)16-26(28(22)34-18-33-19)38-13-9-5-3-4-6-12-27(36)35-25-11-8-7-10-24(25)31/h7-8,10-11,14-18H,3-6,9,12-13,31H2,1-2H3,(H,35,36). The Balaban J connectivity index is 1.28. The molecular formula is C29H32FN5O3. The molecule has 0 saturated heterocycles. The van der Waals surface area contributed by atoms with Crippen molar-refractivity contribution < 1.29 is 18.7 Å². The number of para-hydroxylation sites is 2. The fraction of sp³-hybridized carbons (Fsp3) is 0.310. The van der Waals surface area contributed by atoms with Crippen molar-refractivity contribution in [1.29, 1.82) is 0 Å². The van der Waals surface area contributed by atoms with Crippen LogP contribution >= 0.6 is 0 Å². The van der Waals surface area contributed by atoms with E-state index in [0.717, 1.165) is 48.7 Å². The Labute approximate surface area is 221 Å². The van der Waals surface area contributed by atoms with Crippen LogP contribution in [0.5, 0.6) is 11.6 Å². The molecule has 0 atom stereocenters. The molecule has 2 heterocycles. The Hall–Kier alpha value is -4.27. The number of aryl methyl sites for hydroxylation is 1. The maximum Gasteiger partial charge on any atom is 0.250 e. The molecule has 4 rings (SSSR count). The van der Waals surface area contributed by atoms with Crippen LogP contribution < -0.4 is 20.5 Å². The third kappa shape index (κ3) is 6.73. The van der Waals surface area contributed by atoms with Crippen LogP contribution in [0.3, 0.4) is 0 Å². The quantitative estimate of drug-likeness (QED) is 0.173. The lowest BCUT2D eigenvalue weighted by atomic mass is 10.0. The zero-order valence-electron chi connectivity index (χ0n) is 21.7. The Bertz CT molecular complexity index is 1410. The van der Waals surface area contributed by atoms with Crippen LogP contribution in [0.2, 0.25) is 0 Å². The molecule has 0 spiro atoms. The Kier molecular flexibility index (Phi) is 9.02. The van der Waals surface area contributed by atoms with Gasteiger partial charge >= 0.3 is 0 Å².